The van der Waals surface area contributed by atoms with E-state index < -0.39 is 0 Å². The number of nitrogens with zero attached hydrogens (tertiary/aromatic N) is 3. The summed E-state index contributed by atoms with van der Waals surface area (Å²) in [6, 6.07) is 17.1. The number of rotatable bonds is 5. The van der Waals surface area contributed by atoms with Crippen LogP contribution in [0.2, 0.25) is 0 Å². The molecule has 4 rings (SSSR count). The van der Waals surface area contributed by atoms with Gasteiger partial charge in [0.15, 0.2) is 0 Å². The lowest BCUT2D eigenvalue weighted by atomic mass is 10.0. The molecule has 28 heavy (non-hydrogen) atoms. The first-order valence-corrected chi connectivity index (χ1v) is 9.28. The highest BCUT2D eigenvalue weighted by Gasteiger charge is 2.20. The molecule has 0 spiro atoms. The van der Waals surface area contributed by atoms with Crippen molar-refractivity contribution in [2.24, 2.45) is 0 Å². The van der Waals surface area contributed by atoms with Crippen LogP contribution in [0.25, 0.3) is 16.9 Å². The molecule has 0 fully saturated rings. The van der Waals surface area contributed by atoms with Gasteiger partial charge >= 0.3 is 0 Å². The lowest BCUT2D eigenvalue weighted by molar-refractivity contribution is 0.198. The zero-order chi connectivity index (χ0) is 19.7. The maximum atomic E-state index is 12.6. The Hall–Kier alpha value is -3.12. The normalized spacial score (nSPS) is 13.4. The summed E-state index contributed by atoms with van der Waals surface area (Å²) in [4.78, 5) is 14.7. The Morgan fingerprint density at radius 2 is 1.93 bits per heavy atom. The molecular weight excluding hydrogens is 354 g/mol. The second-order valence-corrected chi connectivity index (χ2v) is 7.17. The number of aromatic nitrogens is 2. The van der Waals surface area contributed by atoms with E-state index in [-0.39, 0.29) is 5.56 Å². The maximum Gasteiger partial charge on any atom is 0.271 e. The standard InChI is InChI=1S/C22H23N3O3/c1-15(24(2)3)13-27-18-10-8-17(9-11-18)25-21(26)12-16-14-28-20-7-5-4-6-19(20)22(16)23-25/h4-12,15H,13-14H2,1-3H3. The fourth-order valence-corrected chi connectivity index (χ4v) is 3.01. The van der Waals surface area contributed by atoms with Crippen molar-refractivity contribution in [1.82, 2.24) is 14.7 Å². The summed E-state index contributed by atoms with van der Waals surface area (Å²) in [5.41, 5.74) is 3.00. The van der Waals surface area contributed by atoms with Crippen molar-refractivity contribution in [2.45, 2.75) is 19.6 Å². The third-order valence-electron chi connectivity index (χ3n) is 4.99. The van der Waals surface area contributed by atoms with Gasteiger partial charge in [0.05, 0.1) is 5.69 Å². The Kier molecular flexibility index (Phi) is 4.88. The first-order chi connectivity index (χ1) is 13.5. The third-order valence-corrected chi connectivity index (χ3v) is 4.99. The first-order valence-electron chi connectivity index (χ1n) is 9.28. The number of fused-ring (bicyclic) bond motifs is 3. The zero-order valence-corrected chi connectivity index (χ0v) is 16.3. The van der Waals surface area contributed by atoms with Crippen LogP contribution in [-0.2, 0) is 6.61 Å². The number of hydrogen-bond donors (Lipinski definition) is 0. The molecule has 1 aromatic heterocycles. The molecule has 2 aromatic carbocycles. The highest BCUT2D eigenvalue weighted by Crippen LogP contribution is 2.35. The van der Waals surface area contributed by atoms with Crippen LogP contribution in [0.3, 0.4) is 0 Å². The molecule has 1 aliphatic heterocycles. The van der Waals surface area contributed by atoms with Crippen molar-refractivity contribution in [3.8, 4) is 28.4 Å². The minimum atomic E-state index is -0.184. The summed E-state index contributed by atoms with van der Waals surface area (Å²) in [5, 5.41) is 4.63. The van der Waals surface area contributed by atoms with E-state index in [0.29, 0.717) is 24.9 Å². The van der Waals surface area contributed by atoms with Crippen LogP contribution < -0.4 is 15.0 Å². The molecule has 0 N–H and O–H groups in total. The Morgan fingerprint density at radius 1 is 1.18 bits per heavy atom. The van der Waals surface area contributed by atoms with Crippen molar-refractivity contribution >= 4 is 0 Å². The predicted octanol–water partition coefficient (Wildman–Crippen LogP) is 3.12. The van der Waals surface area contributed by atoms with Gasteiger partial charge in [-0.2, -0.15) is 9.78 Å². The molecule has 0 bridgehead atoms. The predicted molar refractivity (Wildman–Crippen MR) is 108 cm³/mol. The zero-order valence-electron chi connectivity index (χ0n) is 16.3. The van der Waals surface area contributed by atoms with Gasteiger partial charge in [0, 0.05) is 23.2 Å². The van der Waals surface area contributed by atoms with Crippen LogP contribution in [0, 0.1) is 0 Å². The van der Waals surface area contributed by atoms with Crippen molar-refractivity contribution in [1.29, 1.82) is 0 Å². The Morgan fingerprint density at radius 3 is 2.68 bits per heavy atom. The van der Waals surface area contributed by atoms with E-state index in [1.165, 1.54) is 4.68 Å². The van der Waals surface area contributed by atoms with E-state index >= 15 is 0 Å². The van der Waals surface area contributed by atoms with Gasteiger partial charge in [0.2, 0.25) is 0 Å². The quantitative estimate of drug-likeness (QED) is 0.684. The average Bonchev–Trinajstić information content (AvgIpc) is 2.71. The Bertz CT molecular complexity index is 1040. The summed E-state index contributed by atoms with van der Waals surface area (Å²) in [6.45, 7) is 3.05. The molecule has 0 amide bonds. The van der Waals surface area contributed by atoms with Crippen LogP contribution in [0.1, 0.15) is 12.5 Å². The van der Waals surface area contributed by atoms with Crippen molar-refractivity contribution in [3.05, 3.63) is 70.5 Å². The van der Waals surface area contributed by atoms with E-state index in [2.05, 4.69) is 16.9 Å². The van der Waals surface area contributed by atoms with Gasteiger partial charge in [-0.15, -0.1) is 0 Å². The van der Waals surface area contributed by atoms with Crippen molar-refractivity contribution in [3.63, 3.8) is 0 Å². The van der Waals surface area contributed by atoms with Gasteiger partial charge < -0.3 is 14.4 Å². The molecule has 0 saturated heterocycles. The SMILES string of the molecule is CC(COc1ccc(-n2nc3c(cc2=O)COc2ccccc2-3)cc1)N(C)C. The minimum Gasteiger partial charge on any atom is -0.492 e. The van der Waals surface area contributed by atoms with E-state index in [1.807, 2.05) is 62.6 Å². The van der Waals surface area contributed by atoms with Crippen LogP contribution >= 0.6 is 0 Å². The van der Waals surface area contributed by atoms with Crippen LogP contribution in [0.4, 0.5) is 0 Å². The molecule has 1 atom stereocenters. The van der Waals surface area contributed by atoms with Gasteiger partial charge in [-0.05, 0) is 57.4 Å². The summed E-state index contributed by atoms with van der Waals surface area (Å²) < 4.78 is 13.0. The van der Waals surface area contributed by atoms with Gasteiger partial charge in [0.25, 0.3) is 5.56 Å². The van der Waals surface area contributed by atoms with Gasteiger partial charge in [0.1, 0.15) is 30.4 Å². The molecular formula is C22H23N3O3. The van der Waals surface area contributed by atoms with Gasteiger partial charge in [-0.1, -0.05) is 12.1 Å². The Labute approximate surface area is 163 Å². The highest BCUT2D eigenvalue weighted by atomic mass is 16.5. The molecule has 6 heteroatoms. The monoisotopic (exact) mass is 377 g/mol. The largest absolute Gasteiger partial charge is 0.492 e. The van der Waals surface area contributed by atoms with E-state index in [0.717, 1.165) is 28.3 Å². The van der Waals surface area contributed by atoms with Crippen molar-refractivity contribution < 1.29 is 9.47 Å². The lowest BCUT2D eigenvalue weighted by Gasteiger charge is -2.21. The summed E-state index contributed by atoms with van der Waals surface area (Å²) in [5.74, 6) is 1.55. The van der Waals surface area contributed by atoms with E-state index in [4.69, 9.17) is 9.47 Å². The van der Waals surface area contributed by atoms with Crippen LogP contribution in [0.5, 0.6) is 11.5 Å². The van der Waals surface area contributed by atoms with E-state index in [9.17, 15) is 4.79 Å². The summed E-state index contributed by atoms with van der Waals surface area (Å²) in [6.07, 6.45) is 0. The maximum absolute atomic E-state index is 12.6. The summed E-state index contributed by atoms with van der Waals surface area (Å²) >= 11 is 0. The van der Waals surface area contributed by atoms with Gasteiger partial charge in [-0.3, -0.25) is 4.79 Å². The number of hydrogen-bond acceptors (Lipinski definition) is 5. The topological polar surface area (TPSA) is 56.6 Å². The number of para-hydroxylation sites is 1. The molecule has 0 saturated carbocycles. The van der Waals surface area contributed by atoms with E-state index in [1.54, 1.807) is 6.07 Å². The molecule has 0 aliphatic carbocycles. The number of ether oxygens (including phenoxy) is 2. The average molecular weight is 377 g/mol. The molecule has 6 nitrogen and oxygen atoms in total. The highest BCUT2D eigenvalue weighted by molar-refractivity contribution is 5.71. The van der Waals surface area contributed by atoms with Crippen LogP contribution in [-0.4, -0.2) is 41.4 Å². The first kappa shape index (κ1) is 18.3. The molecule has 2 heterocycles. The molecule has 0 radical (unpaired) electrons. The van der Waals surface area contributed by atoms with Crippen molar-refractivity contribution in [2.75, 3.05) is 20.7 Å². The molecule has 1 unspecified atom stereocenters. The number of likely N-dealkylation sites (N-methyl/N-ethyl adjacent to an activating group) is 1. The smallest absolute Gasteiger partial charge is 0.271 e. The minimum absolute atomic E-state index is 0.184. The second-order valence-electron chi connectivity index (χ2n) is 7.17. The number of benzene rings is 2. The molecule has 1 aliphatic rings. The molecule has 3 aromatic rings. The summed E-state index contributed by atoms with van der Waals surface area (Å²) in [7, 11) is 4.04. The second kappa shape index (κ2) is 7.48. The van der Waals surface area contributed by atoms with Gasteiger partial charge in [-0.25, -0.2) is 0 Å². The fourth-order valence-electron chi connectivity index (χ4n) is 3.01. The third kappa shape index (κ3) is 3.51. The van der Waals surface area contributed by atoms with Crippen LogP contribution in [0.15, 0.2) is 59.4 Å². The molecule has 144 valence electrons. The lowest BCUT2D eigenvalue weighted by Crippen LogP contribution is -2.30. The Balaban J connectivity index is 1.63. The fraction of sp³-hybridized carbons (Fsp3) is 0.273.